The van der Waals surface area contributed by atoms with Gasteiger partial charge in [-0.15, -0.1) is 0 Å². The summed E-state index contributed by atoms with van der Waals surface area (Å²) in [5.41, 5.74) is 3.40. The lowest BCUT2D eigenvalue weighted by Gasteiger charge is -2.30. The van der Waals surface area contributed by atoms with Crippen LogP contribution in [0, 0.1) is 13.8 Å². The van der Waals surface area contributed by atoms with Crippen LogP contribution in [0.2, 0.25) is 0 Å². The molecule has 1 amide bonds. The number of morpholine rings is 1. The maximum atomic E-state index is 13.4. The Balaban J connectivity index is 1.54. The number of carbonyl (C=O) groups is 1. The van der Waals surface area contributed by atoms with Gasteiger partial charge in [0.15, 0.2) is 5.82 Å². The molecule has 0 saturated carbocycles. The normalized spacial score (nSPS) is 14.6. The molecule has 1 aliphatic heterocycles. The first-order valence-electron chi connectivity index (χ1n) is 10.3. The molecule has 0 bridgehead atoms. The lowest BCUT2D eigenvalue weighted by molar-refractivity contribution is 0.0391. The second-order valence-corrected chi connectivity index (χ2v) is 7.49. The molecule has 0 spiro atoms. The first-order valence-corrected chi connectivity index (χ1v) is 10.3. The molecule has 3 heterocycles. The Hall–Kier alpha value is -3.03. The van der Waals surface area contributed by atoms with Gasteiger partial charge in [0, 0.05) is 43.8 Å². The molecule has 0 aliphatic carbocycles. The van der Waals surface area contributed by atoms with Crippen molar-refractivity contribution in [2.45, 2.75) is 13.8 Å². The maximum Gasteiger partial charge on any atom is 0.259 e. The lowest BCUT2D eigenvalue weighted by atomic mass is 10.2. The molecule has 7 heteroatoms. The number of rotatable bonds is 6. The molecule has 2 aromatic heterocycles. The predicted molar refractivity (Wildman–Crippen MR) is 116 cm³/mol. The molecule has 30 heavy (non-hydrogen) atoms. The zero-order valence-corrected chi connectivity index (χ0v) is 17.5. The zero-order chi connectivity index (χ0) is 20.9. The third kappa shape index (κ3) is 4.58. The van der Waals surface area contributed by atoms with Gasteiger partial charge < -0.3 is 9.64 Å². The molecule has 1 fully saturated rings. The van der Waals surface area contributed by atoms with Gasteiger partial charge >= 0.3 is 0 Å². The average Bonchev–Trinajstić information content (AvgIpc) is 3.13. The van der Waals surface area contributed by atoms with Crippen molar-refractivity contribution in [2.24, 2.45) is 0 Å². The number of benzene rings is 1. The Labute approximate surface area is 176 Å². The number of carbonyl (C=O) groups excluding carboxylic acids is 1. The van der Waals surface area contributed by atoms with Crippen molar-refractivity contribution in [1.82, 2.24) is 19.7 Å². The summed E-state index contributed by atoms with van der Waals surface area (Å²) in [5, 5.41) is 4.46. The summed E-state index contributed by atoms with van der Waals surface area (Å²) in [6.07, 6.45) is 1.64. The van der Waals surface area contributed by atoms with Crippen LogP contribution in [0.25, 0.3) is 5.82 Å². The molecule has 1 aliphatic rings. The van der Waals surface area contributed by atoms with Crippen LogP contribution < -0.4 is 4.90 Å². The van der Waals surface area contributed by atoms with Gasteiger partial charge in [-0.3, -0.25) is 9.69 Å². The summed E-state index contributed by atoms with van der Waals surface area (Å²) < 4.78 is 7.22. The van der Waals surface area contributed by atoms with Gasteiger partial charge in [0.1, 0.15) is 0 Å². The molecule has 0 atom stereocenters. The number of aromatic nitrogens is 3. The van der Waals surface area contributed by atoms with Gasteiger partial charge in [-0.1, -0.05) is 18.2 Å². The number of hydrogen-bond acceptors (Lipinski definition) is 5. The molecule has 3 aromatic rings. The van der Waals surface area contributed by atoms with E-state index in [1.807, 2.05) is 67.3 Å². The van der Waals surface area contributed by atoms with Crippen molar-refractivity contribution in [3.8, 4) is 5.82 Å². The average molecular weight is 406 g/mol. The van der Waals surface area contributed by atoms with Crippen molar-refractivity contribution >= 4 is 11.6 Å². The molecule has 1 aromatic carbocycles. The van der Waals surface area contributed by atoms with Crippen LogP contribution in [0.1, 0.15) is 21.7 Å². The standard InChI is InChI=1S/C23H27N5O2/c1-18-16-19(2)28(25-18)22-9-8-20(17-24-22)23(29)27(21-6-4-3-5-7-21)11-10-26-12-14-30-15-13-26/h3-9,16-17H,10-15H2,1-2H3. The van der Waals surface area contributed by atoms with Crippen molar-refractivity contribution in [1.29, 1.82) is 0 Å². The molecular weight excluding hydrogens is 378 g/mol. The highest BCUT2D eigenvalue weighted by atomic mass is 16.5. The minimum atomic E-state index is -0.0538. The fraction of sp³-hybridized carbons (Fsp3) is 0.348. The lowest BCUT2D eigenvalue weighted by Crippen LogP contribution is -2.43. The zero-order valence-electron chi connectivity index (χ0n) is 17.5. The minimum Gasteiger partial charge on any atom is -0.379 e. The molecule has 0 radical (unpaired) electrons. The minimum absolute atomic E-state index is 0.0538. The smallest absolute Gasteiger partial charge is 0.259 e. The Bertz CT molecular complexity index is 979. The Kier molecular flexibility index (Phi) is 6.21. The van der Waals surface area contributed by atoms with Crippen molar-refractivity contribution < 1.29 is 9.53 Å². The van der Waals surface area contributed by atoms with E-state index in [1.54, 1.807) is 10.9 Å². The van der Waals surface area contributed by atoms with Gasteiger partial charge in [0.2, 0.25) is 0 Å². The van der Waals surface area contributed by atoms with Crippen LogP contribution in [0.15, 0.2) is 54.7 Å². The number of hydrogen-bond donors (Lipinski definition) is 0. The fourth-order valence-electron chi connectivity index (χ4n) is 3.68. The van der Waals surface area contributed by atoms with Crippen molar-refractivity contribution in [2.75, 3.05) is 44.3 Å². The highest BCUT2D eigenvalue weighted by molar-refractivity contribution is 6.05. The molecule has 7 nitrogen and oxygen atoms in total. The van der Waals surface area contributed by atoms with E-state index in [1.165, 1.54) is 0 Å². The van der Waals surface area contributed by atoms with Gasteiger partial charge in [0.05, 0.1) is 24.5 Å². The molecule has 0 N–H and O–H groups in total. The summed E-state index contributed by atoms with van der Waals surface area (Å²) in [4.78, 5) is 22.0. The molecule has 1 saturated heterocycles. The van der Waals surface area contributed by atoms with E-state index in [4.69, 9.17) is 4.74 Å². The van der Waals surface area contributed by atoms with E-state index in [9.17, 15) is 4.79 Å². The summed E-state index contributed by atoms with van der Waals surface area (Å²) in [7, 11) is 0. The van der Waals surface area contributed by atoms with Gasteiger partial charge in [-0.05, 0) is 44.2 Å². The van der Waals surface area contributed by atoms with Crippen LogP contribution >= 0.6 is 0 Å². The van der Waals surface area contributed by atoms with E-state index < -0.39 is 0 Å². The van der Waals surface area contributed by atoms with Crippen molar-refractivity contribution in [3.05, 3.63) is 71.7 Å². The van der Waals surface area contributed by atoms with Gasteiger partial charge in [0.25, 0.3) is 5.91 Å². The van der Waals surface area contributed by atoms with E-state index in [-0.39, 0.29) is 5.91 Å². The number of pyridine rings is 1. The van der Waals surface area contributed by atoms with Crippen LogP contribution in [0.4, 0.5) is 5.69 Å². The highest BCUT2D eigenvalue weighted by Crippen LogP contribution is 2.18. The molecule has 4 rings (SSSR count). The number of para-hydroxylation sites is 1. The van der Waals surface area contributed by atoms with Crippen molar-refractivity contribution in [3.63, 3.8) is 0 Å². The topological polar surface area (TPSA) is 63.5 Å². The van der Waals surface area contributed by atoms with Crippen LogP contribution in [-0.4, -0.2) is 65.0 Å². The summed E-state index contributed by atoms with van der Waals surface area (Å²) in [6.45, 7) is 8.65. The molecular formula is C23H27N5O2. The largest absolute Gasteiger partial charge is 0.379 e. The summed E-state index contributed by atoms with van der Waals surface area (Å²) in [5.74, 6) is 0.651. The number of nitrogens with zero attached hydrogens (tertiary/aromatic N) is 5. The van der Waals surface area contributed by atoms with Crippen LogP contribution in [-0.2, 0) is 4.74 Å². The summed E-state index contributed by atoms with van der Waals surface area (Å²) in [6, 6.07) is 15.5. The first-order chi connectivity index (χ1) is 14.6. The molecule has 0 unspecified atom stereocenters. The van der Waals surface area contributed by atoms with E-state index >= 15 is 0 Å². The third-order valence-electron chi connectivity index (χ3n) is 5.28. The second kappa shape index (κ2) is 9.19. The number of amides is 1. The number of anilines is 1. The van der Waals surface area contributed by atoms with Crippen LogP contribution in [0.5, 0.6) is 0 Å². The molecule has 156 valence electrons. The van der Waals surface area contributed by atoms with E-state index in [2.05, 4.69) is 15.0 Å². The predicted octanol–water partition coefficient (Wildman–Crippen LogP) is 2.86. The second-order valence-electron chi connectivity index (χ2n) is 7.49. The Morgan fingerprint density at radius 3 is 2.50 bits per heavy atom. The van der Waals surface area contributed by atoms with Crippen LogP contribution in [0.3, 0.4) is 0 Å². The Morgan fingerprint density at radius 2 is 1.87 bits per heavy atom. The van der Waals surface area contributed by atoms with Gasteiger partial charge in [-0.2, -0.15) is 5.10 Å². The number of aryl methyl sites for hydroxylation is 2. The quantitative estimate of drug-likeness (QED) is 0.631. The highest BCUT2D eigenvalue weighted by Gasteiger charge is 2.20. The van der Waals surface area contributed by atoms with E-state index in [0.29, 0.717) is 17.9 Å². The van der Waals surface area contributed by atoms with E-state index in [0.717, 1.165) is 49.9 Å². The van der Waals surface area contributed by atoms with Gasteiger partial charge in [-0.25, -0.2) is 9.67 Å². The first kappa shape index (κ1) is 20.3. The summed E-state index contributed by atoms with van der Waals surface area (Å²) >= 11 is 0. The monoisotopic (exact) mass is 405 g/mol. The third-order valence-corrected chi connectivity index (χ3v) is 5.28. The number of ether oxygens (including phenoxy) is 1. The fourth-order valence-corrected chi connectivity index (χ4v) is 3.68. The Morgan fingerprint density at radius 1 is 1.10 bits per heavy atom. The maximum absolute atomic E-state index is 13.4. The SMILES string of the molecule is Cc1cc(C)n(-c2ccc(C(=O)N(CCN3CCOCC3)c3ccccc3)cn2)n1.